The first-order valence-electron chi connectivity index (χ1n) is 10.1. The van der Waals surface area contributed by atoms with Gasteiger partial charge in [-0.15, -0.1) is 0 Å². The zero-order chi connectivity index (χ0) is 21.2. The predicted molar refractivity (Wildman–Crippen MR) is 117 cm³/mol. The van der Waals surface area contributed by atoms with Crippen LogP contribution >= 0.6 is 0 Å². The largest absolute Gasteiger partial charge is 0.492 e. The highest BCUT2D eigenvalue weighted by Crippen LogP contribution is 2.34. The van der Waals surface area contributed by atoms with Crippen molar-refractivity contribution >= 4 is 22.5 Å². The zero-order valence-corrected chi connectivity index (χ0v) is 16.6. The summed E-state index contributed by atoms with van der Waals surface area (Å²) in [6.45, 7) is 0.628. The van der Waals surface area contributed by atoms with E-state index in [1.807, 2.05) is 30.3 Å². The Balaban J connectivity index is 1.46. The normalized spacial score (nSPS) is 13.0. The van der Waals surface area contributed by atoms with Crippen LogP contribution in [0.4, 0.5) is 5.69 Å². The topological polar surface area (TPSA) is 104 Å². The number of nitrogens with one attached hydrogen (secondary N) is 2. The van der Waals surface area contributed by atoms with Gasteiger partial charge in [-0.05, 0) is 55.2 Å². The number of rotatable bonds is 6. The highest BCUT2D eigenvalue weighted by molar-refractivity contribution is 6.04. The maximum atomic E-state index is 12.5. The Morgan fingerprint density at radius 3 is 2.90 bits per heavy atom. The lowest BCUT2D eigenvalue weighted by atomic mass is 10.0. The van der Waals surface area contributed by atoms with Gasteiger partial charge in [0.1, 0.15) is 17.5 Å². The van der Waals surface area contributed by atoms with Crippen molar-refractivity contribution in [2.24, 2.45) is 5.92 Å². The number of ether oxygens (including phenoxy) is 1. The van der Waals surface area contributed by atoms with E-state index in [9.17, 15) is 10.1 Å². The number of amides is 1. The maximum Gasteiger partial charge on any atom is 0.257 e. The molecule has 2 aromatic carbocycles. The van der Waals surface area contributed by atoms with Gasteiger partial charge in [0.25, 0.3) is 5.91 Å². The fourth-order valence-electron chi connectivity index (χ4n) is 3.41. The minimum Gasteiger partial charge on any atom is -0.492 e. The van der Waals surface area contributed by atoms with E-state index in [1.54, 1.807) is 24.4 Å². The highest BCUT2D eigenvalue weighted by atomic mass is 16.5. The molecule has 7 heteroatoms. The van der Waals surface area contributed by atoms with Crippen molar-refractivity contribution in [3.05, 3.63) is 72.1 Å². The lowest BCUT2D eigenvalue weighted by molar-refractivity contribution is 0.102. The van der Waals surface area contributed by atoms with Crippen molar-refractivity contribution in [3.63, 3.8) is 0 Å². The molecular weight excluding hydrogens is 390 g/mol. The molecular formula is C24H19N5O2. The van der Waals surface area contributed by atoms with E-state index in [2.05, 4.69) is 26.6 Å². The minimum absolute atomic E-state index is 0.230. The van der Waals surface area contributed by atoms with Gasteiger partial charge in [-0.2, -0.15) is 10.4 Å². The number of fused-ring (bicyclic) bond motifs is 1. The first kappa shape index (κ1) is 18.8. The van der Waals surface area contributed by atoms with E-state index in [1.165, 1.54) is 19.0 Å². The lowest BCUT2D eigenvalue weighted by Gasteiger charge is -2.09. The Bertz CT molecular complexity index is 1300. The molecule has 31 heavy (non-hydrogen) atoms. The van der Waals surface area contributed by atoms with E-state index >= 15 is 0 Å². The fraction of sp³-hybridized carbons (Fsp3) is 0.167. The summed E-state index contributed by atoms with van der Waals surface area (Å²) in [5.41, 5.74) is 3.96. The molecule has 2 heterocycles. The third-order valence-electron chi connectivity index (χ3n) is 5.27. The number of carbonyl (C=O) groups excluding carboxylic acids is 1. The number of hydrogen-bond donors (Lipinski definition) is 2. The van der Waals surface area contributed by atoms with E-state index < -0.39 is 0 Å². The van der Waals surface area contributed by atoms with Gasteiger partial charge < -0.3 is 10.1 Å². The Kier molecular flexibility index (Phi) is 4.81. The zero-order valence-electron chi connectivity index (χ0n) is 16.6. The van der Waals surface area contributed by atoms with E-state index in [-0.39, 0.29) is 5.91 Å². The third-order valence-corrected chi connectivity index (χ3v) is 5.27. The van der Waals surface area contributed by atoms with Crippen LogP contribution in [0.5, 0.6) is 5.75 Å². The van der Waals surface area contributed by atoms with E-state index in [4.69, 9.17) is 4.74 Å². The first-order valence-corrected chi connectivity index (χ1v) is 10.1. The van der Waals surface area contributed by atoms with Gasteiger partial charge in [-0.25, -0.2) is 0 Å². The second-order valence-corrected chi connectivity index (χ2v) is 7.61. The Labute approximate surface area is 178 Å². The van der Waals surface area contributed by atoms with Crippen LogP contribution in [-0.4, -0.2) is 27.7 Å². The summed E-state index contributed by atoms with van der Waals surface area (Å²) < 4.78 is 5.92. The van der Waals surface area contributed by atoms with Crippen molar-refractivity contribution in [1.82, 2.24) is 15.2 Å². The van der Waals surface area contributed by atoms with Crippen LogP contribution in [0.25, 0.3) is 22.2 Å². The van der Waals surface area contributed by atoms with Crippen molar-refractivity contribution in [2.75, 3.05) is 11.9 Å². The molecule has 1 fully saturated rings. The number of aromatic amines is 1. The molecule has 7 nitrogen and oxygen atoms in total. The van der Waals surface area contributed by atoms with Crippen LogP contribution in [0.1, 0.15) is 28.8 Å². The summed E-state index contributed by atoms with van der Waals surface area (Å²) in [6.07, 6.45) is 5.51. The summed E-state index contributed by atoms with van der Waals surface area (Å²) in [7, 11) is 0. The van der Waals surface area contributed by atoms with Crippen molar-refractivity contribution in [1.29, 1.82) is 5.26 Å². The molecule has 0 bridgehead atoms. The first-order chi connectivity index (χ1) is 15.2. The lowest BCUT2D eigenvalue weighted by Crippen LogP contribution is -2.11. The molecule has 152 valence electrons. The smallest absolute Gasteiger partial charge is 0.257 e. The van der Waals surface area contributed by atoms with Gasteiger partial charge in [-0.1, -0.05) is 12.1 Å². The maximum absolute atomic E-state index is 12.5. The number of carbonyl (C=O) groups is 1. The van der Waals surface area contributed by atoms with Crippen LogP contribution in [0, 0.1) is 17.2 Å². The van der Waals surface area contributed by atoms with Gasteiger partial charge in [0.05, 0.1) is 23.3 Å². The van der Waals surface area contributed by atoms with Gasteiger partial charge in [0.15, 0.2) is 0 Å². The van der Waals surface area contributed by atoms with Gasteiger partial charge in [0, 0.05) is 29.0 Å². The third kappa shape index (κ3) is 3.96. The molecule has 4 aromatic rings. The summed E-state index contributed by atoms with van der Waals surface area (Å²) in [4.78, 5) is 16.4. The quantitative estimate of drug-likeness (QED) is 0.487. The summed E-state index contributed by atoms with van der Waals surface area (Å²) in [5, 5.41) is 20.7. The van der Waals surface area contributed by atoms with Gasteiger partial charge in [0.2, 0.25) is 0 Å². The van der Waals surface area contributed by atoms with Crippen LogP contribution in [0.3, 0.4) is 0 Å². The van der Waals surface area contributed by atoms with Crippen molar-refractivity contribution in [2.45, 2.75) is 12.8 Å². The fourth-order valence-corrected chi connectivity index (χ4v) is 3.41. The summed E-state index contributed by atoms with van der Waals surface area (Å²) in [5.74, 6) is 0.934. The second kappa shape index (κ2) is 7.92. The molecule has 0 spiro atoms. The number of benzene rings is 2. The molecule has 1 aliphatic carbocycles. The minimum atomic E-state index is -0.230. The average Bonchev–Trinajstić information content (AvgIpc) is 3.55. The number of pyridine rings is 1. The monoisotopic (exact) mass is 409 g/mol. The van der Waals surface area contributed by atoms with Gasteiger partial charge in [-0.3, -0.25) is 14.9 Å². The summed E-state index contributed by atoms with van der Waals surface area (Å²) >= 11 is 0. The van der Waals surface area contributed by atoms with Crippen LogP contribution in [0.2, 0.25) is 0 Å². The highest BCUT2D eigenvalue weighted by Gasteiger charge is 2.23. The van der Waals surface area contributed by atoms with Crippen LogP contribution in [0.15, 0.2) is 60.9 Å². The Hall–Kier alpha value is -4.18. The number of anilines is 1. The molecule has 0 atom stereocenters. The number of H-pyrrole nitrogens is 1. The second-order valence-electron chi connectivity index (χ2n) is 7.61. The standard InChI is InChI=1S/C24H19N5O2/c25-12-18-10-21-20(11-22(18)31-14-15-6-7-15)23(29-28-21)16-3-1-5-19(9-16)27-24(30)17-4-2-8-26-13-17/h1-5,8-11,13,15H,6-7,14H2,(H,27,30)(H,28,29). The van der Waals surface area contributed by atoms with Crippen LogP contribution < -0.4 is 10.1 Å². The molecule has 0 unspecified atom stereocenters. The Morgan fingerprint density at radius 2 is 2.13 bits per heavy atom. The van der Waals surface area contributed by atoms with Crippen molar-refractivity contribution < 1.29 is 9.53 Å². The number of nitriles is 1. The van der Waals surface area contributed by atoms with Gasteiger partial charge >= 0.3 is 0 Å². The molecule has 0 aliphatic heterocycles. The molecule has 0 radical (unpaired) electrons. The Morgan fingerprint density at radius 1 is 1.23 bits per heavy atom. The predicted octanol–water partition coefficient (Wildman–Crippen LogP) is 4.54. The molecule has 0 saturated heterocycles. The van der Waals surface area contributed by atoms with Crippen molar-refractivity contribution in [3.8, 4) is 23.1 Å². The molecule has 1 aliphatic rings. The van der Waals surface area contributed by atoms with Crippen LogP contribution in [-0.2, 0) is 0 Å². The molecule has 2 N–H and O–H groups in total. The van der Waals surface area contributed by atoms with E-state index in [0.717, 1.165) is 22.2 Å². The average molecular weight is 409 g/mol. The number of aromatic nitrogens is 3. The SMILES string of the molecule is N#Cc1cc2[nH]nc(-c3cccc(NC(=O)c4cccnc4)c3)c2cc1OCC1CC1. The summed E-state index contributed by atoms with van der Waals surface area (Å²) in [6, 6.07) is 16.8. The van der Waals surface area contributed by atoms with E-state index in [0.29, 0.717) is 35.1 Å². The molecule has 1 saturated carbocycles. The molecule has 1 amide bonds. The number of hydrogen-bond acceptors (Lipinski definition) is 5. The molecule has 2 aromatic heterocycles. The number of nitrogens with zero attached hydrogens (tertiary/aromatic N) is 3. The molecule has 5 rings (SSSR count).